The van der Waals surface area contributed by atoms with Gasteiger partial charge < -0.3 is 15.5 Å². The summed E-state index contributed by atoms with van der Waals surface area (Å²) in [6, 6.07) is 0. The molecule has 126 valence electrons. The van der Waals surface area contributed by atoms with E-state index in [4.69, 9.17) is 0 Å². The van der Waals surface area contributed by atoms with Gasteiger partial charge in [0.1, 0.15) is 6.54 Å². The molecule has 1 amide bonds. The van der Waals surface area contributed by atoms with Gasteiger partial charge in [-0.05, 0) is 38.0 Å². The summed E-state index contributed by atoms with van der Waals surface area (Å²) in [5.41, 5.74) is 0.513. The second-order valence-electron chi connectivity index (χ2n) is 6.75. The van der Waals surface area contributed by atoms with Gasteiger partial charge in [0.05, 0.1) is 0 Å². The lowest BCUT2D eigenvalue weighted by molar-refractivity contribution is -0.119. The Kier molecular flexibility index (Phi) is 6.52. The van der Waals surface area contributed by atoms with Gasteiger partial charge in [0.2, 0.25) is 5.91 Å². The van der Waals surface area contributed by atoms with Crippen molar-refractivity contribution in [3.8, 4) is 0 Å². The van der Waals surface area contributed by atoms with E-state index in [2.05, 4.69) is 34.4 Å². The van der Waals surface area contributed by atoms with Crippen molar-refractivity contribution in [2.24, 2.45) is 10.4 Å². The predicted octanol–water partition coefficient (Wildman–Crippen LogP) is 2.13. The van der Waals surface area contributed by atoms with E-state index < -0.39 is 0 Å². The molecule has 0 radical (unpaired) electrons. The molecule has 5 heteroatoms. The summed E-state index contributed by atoms with van der Waals surface area (Å²) >= 11 is 0. The van der Waals surface area contributed by atoms with Crippen molar-refractivity contribution < 1.29 is 4.79 Å². The molecular formula is C17H32N4O. The molecule has 22 heavy (non-hydrogen) atoms. The van der Waals surface area contributed by atoms with Gasteiger partial charge in [-0.15, -0.1) is 0 Å². The molecule has 1 aliphatic heterocycles. The van der Waals surface area contributed by atoms with Crippen LogP contribution in [0.4, 0.5) is 0 Å². The Morgan fingerprint density at radius 2 is 1.91 bits per heavy atom. The number of rotatable bonds is 5. The Bertz CT molecular complexity index is 388. The SMILES string of the molecule is CCCNC(=O)CN=C(NCC)N1CCC2(CCCCC2)C1. The lowest BCUT2D eigenvalue weighted by Gasteiger charge is -2.33. The van der Waals surface area contributed by atoms with Gasteiger partial charge in [-0.1, -0.05) is 26.2 Å². The van der Waals surface area contributed by atoms with Crippen molar-refractivity contribution >= 4 is 11.9 Å². The van der Waals surface area contributed by atoms with E-state index in [1.165, 1.54) is 38.5 Å². The van der Waals surface area contributed by atoms with Crippen molar-refractivity contribution in [1.29, 1.82) is 0 Å². The highest BCUT2D eigenvalue weighted by atomic mass is 16.1. The Morgan fingerprint density at radius 3 is 2.59 bits per heavy atom. The maximum Gasteiger partial charge on any atom is 0.241 e. The minimum atomic E-state index is 0.0174. The first-order chi connectivity index (χ1) is 10.7. The molecule has 0 aromatic heterocycles. The van der Waals surface area contributed by atoms with Crippen LogP contribution in [0.2, 0.25) is 0 Å². The highest BCUT2D eigenvalue weighted by molar-refractivity contribution is 5.85. The van der Waals surface area contributed by atoms with E-state index in [1.807, 2.05) is 0 Å². The molecule has 1 saturated carbocycles. The summed E-state index contributed by atoms with van der Waals surface area (Å²) in [4.78, 5) is 18.7. The van der Waals surface area contributed by atoms with Crippen molar-refractivity contribution in [1.82, 2.24) is 15.5 Å². The predicted molar refractivity (Wildman–Crippen MR) is 91.0 cm³/mol. The van der Waals surface area contributed by atoms with Crippen molar-refractivity contribution in [2.45, 2.75) is 58.8 Å². The maximum absolute atomic E-state index is 11.8. The third-order valence-electron chi connectivity index (χ3n) is 4.93. The number of guanidine groups is 1. The fraction of sp³-hybridized carbons (Fsp3) is 0.882. The monoisotopic (exact) mass is 308 g/mol. The molecule has 1 aliphatic carbocycles. The lowest BCUT2D eigenvalue weighted by atomic mass is 9.73. The zero-order valence-electron chi connectivity index (χ0n) is 14.3. The summed E-state index contributed by atoms with van der Waals surface area (Å²) in [5.74, 6) is 0.931. The zero-order valence-corrected chi connectivity index (χ0v) is 14.3. The van der Waals surface area contributed by atoms with Crippen LogP contribution in [0.15, 0.2) is 4.99 Å². The number of carbonyl (C=O) groups is 1. The molecule has 2 aliphatic rings. The molecular weight excluding hydrogens is 276 g/mol. The average molecular weight is 308 g/mol. The molecule has 2 rings (SSSR count). The third kappa shape index (κ3) is 4.62. The van der Waals surface area contributed by atoms with Gasteiger partial charge >= 0.3 is 0 Å². The highest BCUT2D eigenvalue weighted by Crippen LogP contribution is 2.43. The van der Waals surface area contributed by atoms with Gasteiger partial charge in [-0.25, -0.2) is 4.99 Å². The summed E-state index contributed by atoms with van der Waals surface area (Å²) in [5, 5.41) is 6.24. The Morgan fingerprint density at radius 1 is 1.14 bits per heavy atom. The summed E-state index contributed by atoms with van der Waals surface area (Å²) in [6.45, 7) is 8.13. The van der Waals surface area contributed by atoms with E-state index in [1.54, 1.807) is 0 Å². The van der Waals surface area contributed by atoms with E-state index in [0.717, 1.165) is 38.6 Å². The molecule has 0 aromatic carbocycles. The van der Waals surface area contributed by atoms with Crippen LogP contribution < -0.4 is 10.6 Å². The number of amides is 1. The smallest absolute Gasteiger partial charge is 0.241 e. The van der Waals surface area contributed by atoms with Crippen LogP contribution >= 0.6 is 0 Å². The normalized spacial score (nSPS) is 21.2. The number of likely N-dealkylation sites (tertiary alicyclic amines) is 1. The second kappa shape index (κ2) is 8.39. The standard InChI is InChI=1S/C17H32N4O/c1-3-11-19-15(22)13-20-16(18-4-2)21-12-10-17(14-21)8-6-5-7-9-17/h3-14H2,1-2H3,(H,18,20)(H,19,22). The highest BCUT2D eigenvalue weighted by Gasteiger charge is 2.39. The number of nitrogens with one attached hydrogen (secondary N) is 2. The average Bonchev–Trinajstić information content (AvgIpc) is 2.93. The van der Waals surface area contributed by atoms with Crippen LogP contribution in [0.5, 0.6) is 0 Å². The van der Waals surface area contributed by atoms with Crippen LogP contribution in [0, 0.1) is 5.41 Å². The number of carbonyl (C=O) groups excluding carboxylic acids is 1. The quantitative estimate of drug-likeness (QED) is 0.604. The number of hydrogen-bond acceptors (Lipinski definition) is 2. The third-order valence-corrected chi connectivity index (χ3v) is 4.93. The molecule has 2 N–H and O–H groups in total. The molecule has 0 bridgehead atoms. The van der Waals surface area contributed by atoms with E-state index in [-0.39, 0.29) is 12.5 Å². The molecule has 1 heterocycles. The Balaban J connectivity index is 1.91. The molecule has 1 saturated heterocycles. The van der Waals surface area contributed by atoms with Gasteiger partial charge in [-0.2, -0.15) is 0 Å². The summed E-state index contributed by atoms with van der Waals surface area (Å²) < 4.78 is 0. The van der Waals surface area contributed by atoms with Crippen LogP contribution in [0.3, 0.4) is 0 Å². The molecule has 2 fully saturated rings. The molecule has 0 atom stereocenters. The summed E-state index contributed by atoms with van der Waals surface area (Å²) in [6.07, 6.45) is 9.11. The molecule has 5 nitrogen and oxygen atoms in total. The van der Waals surface area contributed by atoms with Crippen LogP contribution in [-0.2, 0) is 4.79 Å². The zero-order chi connectivity index (χ0) is 15.8. The Labute approximate surface area is 134 Å². The number of aliphatic imine (C=N–C) groups is 1. The van der Waals surface area contributed by atoms with E-state index in [9.17, 15) is 4.79 Å². The first-order valence-corrected chi connectivity index (χ1v) is 8.99. The largest absolute Gasteiger partial charge is 0.357 e. The molecule has 1 spiro atoms. The van der Waals surface area contributed by atoms with Gasteiger partial charge in [0.25, 0.3) is 0 Å². The topological polar surface area (TPSA) is 56.7 Å². The minimum Gasteiger partial charge on any atom is -0.357 e. The van der Waals surface area contributed by atoms with Gasteiger partial charge in [0, 0.05) is 26.2 Å². The molecule has 0 aromatic rings. The molecule has 0 unspecified atom stereocenters. The van der Waals surface area contributed by atoms with Crippen LogP contribution in [0.25, 0.3) is 0 Å². The first kappa shape index (κ1) is 17.1. The van der Waals surface area contributed by atoms with E-state index in [0.29, 0.717) is 5.41 Å². The van der Waals surface area contributed by atoms with Crippen molar-refractivity contribution in [3.05, 3.63) is 0 Å². The van der Waals surface area contributed by atoms with Gasteiger partial charge in [0.15, 0.2) is 5.96 Å². The number of nitrogens with zero attached hydrogens (tertiary/aromatic N) is 2. The van der Waals surface area contributed by atoms with Gasteiger partial charge in [-0.3, -0.25) is 4.79 Å². The van der Waals surface area contributed by atoms with Crippen LogP contribution in [0.1, 0.15) is 58.8 Å². The van der Waals surface area contributed by atoms with E-state index >= 15 is 0 Å². The maximum atomic E-state index is 11.8. The first-order valence-electron chi connectivity index (χ1n) is 8.99. The second-order valence-corrected chi connectivity index (χ2v) is 6.75. The Hall–Kier alpha value is -1.26. The fourth-order valence-electron chi connectivity index (χ4n) is 3.72. The van der Waals surface area contributed by atoms with Crippen molar-refractivity contribution in [3.63, 3.8) is 0 Å². The fourth-order valence-corrected chi connectivity index (χ4v) is 3.72. The van der Waals surface area contributed by atoms with Crippen molar-refractivity contribution in [2.75, 3.05) is 32.7 Å². The lowest BCUT2D eigenvalue weighted by Crippen LogP contribution is -2.42. The van der Waals surface area contributed by atoms with Crippen LogP contribution in [-0.4, -0.2) is 49.5 Å². The minimum absolute atomic E-state index is 0.0174. The summed E-state index contributed by atoms with van der Waals surface area (Å²) in [7, 11) is 0. The number of hydrogen-bond donors (Lipinski definition) is 2.